The first-order chi connectivity index (χ1) is 20.4. The van der Waals surface area contributed by atoms with Crippen LogP contribution in [0.2, 0.25) is 5.02 Å². The topological polar surface area (TPSA) is 125 Å². The van der Waals surface area contributed by atoms with Gasteiger partial charge in [0.1, 0.15) is 5.60 Å². The summed E-state index contributed by atoms with van der Waals surface area (Å²) in [6.45, 7) is 12.1. The fourth-order valence-electron chi connectivity index (χ4n) is 5.96. The van der Waals surface area contributed by atoms with Crippen molar-refractivity contribution in [2.75, 3.05) is 44.2 Å². The molecule has 0 saturated carbocycles. The largest absolute Gasteiger partial charge is 0.478 e. The van der Waals surface area contributed by atoms with Crippen molar-refractivity contribution in [2.45, 2.75) is 71.8 Å². The van der Waals surface area contributed by atoms with Gasteiger partial charge in [-0.1, -0.05) is 29.8 Å². The van der Waals surface area contributed by atoms with E-state index in [1.165, 1.54) is 5.56 Å². The van der Waals surface area contributed by atoms with Crippen molar-refractivity contribution in [2.24, 2.45) is 11.8 Å². The molecule has 2 saturated heterocycles. The molecular weight excluding hydrogens is 580 g/mol. The van der Waals surface area contributed by atoms with E-state index in [4.69, 9.17) is 21.4 Å². The third-order valence-corrected chi connectivity index (χ3v) is 8.92. The Morgan fingerprint density at radius 3 is 2.18 bits per heavy atom. The molecule has 0 aromatic heterocycles. The summed E-state index contributed by atoms with van der Waals surface area (Å²) in [5, 5.41) is 9.77. The number of carbonyl (C=O) groups is 3. The Hall–Kier alpha value is -3.14. The number of carboxylic acid groups (broad SMARTS) is 1. The van der Waals surface area contributed by atoms with Crippen molar-refractivity contribution in [3.05, 3.63) is 64.2 Å². The lowest BCUT2D eigenvalue weighted by molar-refractivity contribution is -0.123. The Morgan fingerprint density at radius 1 is 0.977 bits per heavy atom. The molecule has 2 fully saturated rings. The Morgan fingerprint density at radius 2 is 1.61 bits per heavy atom. The van der Waals surface area contributed by atoms with Gasteiger partial charge in [-0.25, -0.2) is 9.59 Å². The van der Waals surface area contributed by atoms with Gasteiger partial charge in [0.25, 0.3) is 0 Å². The number of aryl methyl sites for hydroxylation is 1. The molecule has 0 bridgehead atoms. The van der Waals surface area contributed by atoms with Gasteiger partial charge < -0.3 is 30.7 Å². The maximum absolute atomic E-state index is 13.9. The molecule has 9 nitrogen and oxygen atoms in total. The quantitative estimate of drug-likeness (QED) is 0.312. The van der Waals surface area contributed by atoms with Gasteiger partial charge in [-0.2, -0.15) is 0 Å². The van der Waals surface area contributed by atoms with Crippen molar-refractivity contribution >= 4 is 35.3 Å². The van der Waals surface area contributed by atoms with Crippen LogP contribution in [-0.2, 0) is 16.0 Å². The number of carbonyl (C=O) groups excluding carboxylic acids is 2. The number of nitrogens with zero attached hydrogens (tertiary/aromatic N) is 3. The number of anilines is 1. The molecule has 4 N–H and O–H groups in total. The SMILES string of the molecule is Cc1ccc(N(CCCN2CCC(Cc3ccc(C(=O)O)cc3)CC2)C(=O)C2CCN(C(=O)OC(C)(C)C)CC2)cc1Cl.N. The second kappa shape index (κ2) is 15.7. The van der Waals surface area contributed by atoms with Gasteiger partial charge in [0.05, 0.1) is 5.56 Å². The van der Waals surface area contributed by atoms with Crippen LogP contribution in [0.5, 0.6) is 0 Å². The van der Waals surface area contributed by atoms with Crippen LogP contribution in [0.4, 0.5) is 10.5 Å². The number of carboxylic acids is 1. The number of likely N-dealkylation sites (tertiary alicyclic amines) is 2. The number of hydrogen-bond donors (Lipinski definition) is 2. The summed E-state index contributed by atoms with van der Waals surface area (Å²) in [5.74, 6) is -0.365. The Bertz CT molecular complexity index is 1260. The summed E-state index contributed by atoms with van der Waals surface area (Å²) < 4.78 is 5.53. The van der Waals surface area contributed by atoms with E-state index in [9.17, 15) is 14.4 Å². The maximum atomic E-state index is 13.9. The molecule has 0 radical (unpaired) electrons. The monoisotopic (exact) mass is 628 g/mol. The van der Waals surface area contributed by atoms with Gasteiger partial charge in [-0.05, 0) is 127 Å². The van der Waals surface area contributed by atoms with Crippen molar-refractivity contribution in [1.82, 2.24) is 16.0 Å². The number of amides is 2. The molecule has 4 rings (SSSR count). The van der Waals surface area contributed by atoms with Crippen LogP contribution in [-0.4, -0.2) is 77.7 Å². The van der Waals surface area contributed by atoms with Gasteiger partial charge in [-0.3, -0.25) is 4.79 Å². The van der Waals surface area contributed by atoms with Crippen LogP contribution in [0.1, 0.15) is 74.4 Å². The lowest BCUT2D eigenvalue weighted by Crippen LogP contribution is -2.46. The van der Waals surface area contributed by atoms with Crippen molar-refractivity contribution < 1.29 is 24.2 Å². The highest BCUT2D eigenvalue weighted by molar-refractivity contribution is 6.31. The molecule has 10 heteroatoms. The first kappa shape index (κ1) is 35.3. The van der Waals surface area contributed by atoms with Gasteiger partial charge in [0.2, 0.25) is 5.91 Å². The van der Waals surface area contributed by atoms with Crippen molar-refractivity contribution in [3.63, 3.8) is 0 Å². The van der Waals surface area contributed by atoms with E-state index >= 15 is 0 Å². The highest BCUT2D eigenvalue weighted by atomic mass is 35.5. The van der Waals surface area contributed by atoms with Crippen LogP contribution in [0.25, 0.3) is 0 Å². The fourth-order valence-corrected chi connectivity index (χ4v) is 6.13. The zero-order chi connectivity index (χ0) is 31.1. The number of rotatable bonds is 9. The summed E-state index contributed by atoms with van der Waals surface area (Å²) in [5.41, 5.74) is 2.76. The van der Waals surface area contributed by atoms with E-state index in [0.717, 1.165) is 56.6 Å². The summed E-state index contributed by atoms with van der Waals surface area (Å²) in [6, 6.07) is 13.1. The highest BCUT2D eigenvalue weighted by Gasteiger charge is 2.33. The number of aromatic carboxylic acids is 1. The molecule has 0 aliphatic carbocycles. The van der Waals surface area contributed by atoms with Gasteiger partial charge in [0, 0.05) is 36.3 Å². The Balaban J connectivity index is 0.00000529. The average molecular weight is 629 g/mol. The molecular formula is C34H49ClN4O5. The van der Waals surface area contributed by atoms with Crippen LogP contribution in [0, 0.1) is 18.8 Å². The molecule has 2 aromatic carbocycles. The average Bonchev–Trinajstić information content (AvgIpc) is 2.97. The normalized spacial score (nSPS) is 16.7. The van der Waals surface area contributed by atoms with E-state index in [1.54, 1.807) is 17.0 Å². The van der Waals surface area contributed by atoms with Gasteiger partial charge in [0.15, 0.2) is 0 Å². The van der Waals surface area contributed by atoms with Crippen molar-refractivity contribution in [1.29, 1.82) is 0 Å². The van der Waals surface area contributed by atoms with Crippen LogP contribution < -0.4 is 11.1 Å². The number of piperidine rings is 2. The molecule has 2 aliphatic rings. The fraction of sp³-hybridized carbons (Fsp3) is 0.559. The van der Waals surface area contributed by atoms with E-state index < -0.39 is 11.6 Å². The summed E-state index contributed by atoms with van der Waals surface area (Å²) in [4.78, 5) is 43.6. The van der Waals surface area contributed by atoms with E-state index in [2.05, 4.69) is 4.90 Å². The van der Waals surface area contributed by atoms with Crippen LogP contribution in [0.3, 0.4) is 0 Å². The van der Waals surface area contributed by atoms with Gasteiger partial charge in [-0.15, -0.1) is 0 Å². The molecule has 0 spiro atoms. The lowest BCUT2D eigenvalue weighted by atomic mass is 9.90. The standard InChI is InChI=1S/C34H46ClN3O5.H3N/c1-24-6-11-29(23-30(24)35)38(31(39)27-14-20-37(21-15-27)33(42)43-34(2,3)4)17-5-16-36-18-12-26(13-19-36)22-25-7-9-28(10-8-25)32(40)41;/h6-11,23,26-27H,5,12-22H2,1-4H3,(H,40,41);1H3. The summed E-state index contributed by atoms with van der Waals surface area (Å²) in [7, 11) is 0. The molecule has 2 heterocycles. The number of ether oxygens (including phenoxy) is 1. The van der Waals surface area contributed by atoms with Gasteiger partial charge >= 0.3 is 12.1 Å². The third kappa shape index (κ3) is 9.94. The maximum Gasteiger partial charge on any atom is 0.410 e. The predicted octanol–water partition coefficient (Wildman–Crippen LogP) is 6.83. The summed E-state index contributed by atoms with van der Waals surface area (Å²) >= 11 is 6.47. The van der Waals surface area contributed by atoms with E-state index in [0.29, 0.717) is 49.0 Å². The number of hydrogen-bond acceptors (Lipinski definition) is 6. The first-order valence-electron chi connectivity index (χ1n) is 15.5. The molecule has 2 aromatic rings. The molecule has 0 atom stereocenters. The molecule has 242 valence electrons. The number of halogens is 1. The van der Waals surface area contributed by atoms with E-state index in [-0.39, 0.29) is 24.1 Å². The number of benzene rings is 2. The van der Waals surface area contributed by atoms with Crippen LogP contribution >= 0.6 is 11.6 Å². The Labute approximate surface area is 267 Å². The molecule has 2 aliphatic heterocycles. The molecule has 2 amide bonds. The molecule has 44 heavy (non-hydrogen) atoms. The zero-order valence-corrected chi connectivity index (χ0v) is 27.4. The lowest BCUT2D eigenvalue weighted by Gasteiger charge is -2.36. The highest BCUT2D eigenvalue weighted by Crippen LogP contribution is 2.29. The third-order valence-electron chi connectivity index (χ3n) is 8.52. The molecule has 0 unspecified atom stereocenters. The first-order valence-corrected chi connectivity index (χ1v) is 15.9. The van der Waals surface area contributed by atoms with E-state index in [1.807, 2.05) is 62.9 Å². The minimum absolute atomic E-state index is 0. The predicted molar refractivity (Wildman–Crippen MR) is 175 cm³/mol. The summed E-state index contributed by atoms with van der Waals surface area (Å²) in [6.07, 6.45) is 4.94. The second-order valence-electron chi connectivity index (χ2n) is 13.0. The Kier molecular flexibility index (Phi) is 12.6. The second-order valence-corrected chi connectivity index (χ2v) is 13.4. The van der Waals surface area contributed by atoms with Crippen LogP contribution in [0.15, 0.2) is 42.5 Å². The van der Waals surface area contributed by atoms with Crippen molar-refractivity contribution in [3.8, 4) is 0 Å². The smallest absolute Gasteiger partial charge is 0.410 e. The minimum Gasteiger partial charge on any atom is -0.478 e. The minimum atomic E-state index is -0.894. The zero-order valence-electron chi connectivity index (χ0n) is 26.7.